The Morgan fingerprint density at radius 3 is 2.57 bits per heavy atom. The zero-order chi connectivity index (χ0) is 20.2. The molecule has 0 bridgehead atoms. The van der Waals surface area contributed by atoms with Gasteiger partial charge in [-0.15, -0.1) is 12.4 Å². The number of carbonyl (C=O) groups is 2. The van der Waals surface area contributed by atoms with Crippen LogP contribution in [0.25, 0.3) is 0 Å². The number of anilines is 2. The first kappa shape index (κ1) is 22.3. The summed E-state index contributed by atoms with van der Waals surface area (Å²) in [7, 11) is 0. The third-order valence-corrected chi connectivity index (χ3v) is 6.35. The fraction of sp³-hybridized carbons (Fsp3) is 0.417. The van der Waals surface area contributed by atoms with Crippen molar-refractivity contribution in [2.45, 2.75) is 57.0 Å². The van der Waals surface area contributed by atoms with E-state index in [2.05, 4.69) is 18.2 Å². The highest BCUT2D eigenvalue weighted by Gasteiger charge is 2.33. The number of piperidine rings is 1. The molecule has 5 nitrogen and oxygen atoms in total. The first-order chi connectivity index (χ1) is 14.2. The minimum Gasteiger partial charge on any atom is -0.326 e. The molecule has 2 aliphatic rings. The fourth-order valence-electron chi connectivity index (χ4n) is 4.83. The van der Waals surface area contributed by atoms with Gasteiger partial charge in [0, 0.05) is 42.8 Å². The summed E-state index contributed by atoms with van der Waals surface area (Å²) in [6, 6.07) is 16.4. The van der Waals surface area contributed by atoms with E-state index in [0.29, 0.717) is 18.9 Å². The summed E-state index contributed by atoms with van der Waals surface area (Å²) in [6.45, 7) is 1.30. The van der Waals surface area contributed by atoms with Gasteiger partial charge in [0.1, 0.15) is 0 Å². The molecule has 1 heterocycles. The molecule has 4 rings (SSSR count). The minimum absolute atomic E-state index is 0. The molecular formula is C24H30ClN3O2. The second kappa shape index (κ2) is 10.1. The van der Waals surface area contributed by atoms with E-state index in [1.807, 2.05) is 40.1 Å². The van der Waals surface area contributed by atoms with Crippen molar-refractivity contribution in [1.29, 1.82) is 0 Å². The Balaban J connectivity index is 0.00000256. The lowest BCUT2D eigenvalue weighted by molar-refractivity contribution is -0.119. The maximum atomic E-state index is 12.2. The van der Waals surface area contributed by atoms with Crippen LogP contribution < -0.4 is 15.5 Å². The van der Waals surface area contributed by atoms with Crippen LogP contribution in [-0.2, 0) is 16.1 Å². The first-order valence-corrected chi connectivity index (χ1v) is 10.6. The van der Waals surface area contributed by atoms with Gasteiger partial charge in [0.05, 0.1) is 0 Å². The van der Waals surface area contributed by atoms with Gasteiger partial charge in [-0.2, -0.15) is 0 Å². The highest BCUT2D eigenvalue weighted by atomic mass is 35.5. The van der Waals surface area contributed by atoms with Gasteiger partial charge in [-0.1, -0.05) is 30.7 Å². The minimum atomic E-state index is 0. The van der Waals surface area contributed by atoms with E-state index >= 15 is 0 Å². The lowest BCUT2D eigenvalue weighted by Crippen LogP contribution is -2.36. The lowest BCUT2D eigenvalue weighted by Gasteiger charge is -2.31. The number of carbonyl (C=O) groups excluding carboxylic acids is 2. The van der Waals surface area contributed by atoms with Crippen LogP contribution >= 0.6 is 12.4 Å². The second-order valence-corrected chi connectivity index (χ2v) is 8.09. The van der Waals surface area contributed by atoms with Gasteiger partial charge in [0.2, 0.25) is 12.3 Å². The van der Waals surface area contributed by atoms with Gasteiger partial charge in [-0.25, -0.2) is 0 Å². The van der Waals surface area contributed by atoms with Crippen LogP contribution in [0.1, 0.15) is 55.6 Å². The van der Waals surface area contributed by atoms with E-state index in [1.54, 1.807) is 0 Å². The third kappa shape index (κ3) is 4.52. The number of hydrogen-bond donors (Lipinski definition) is 1. The van der Waals surface area contributed by atoms with Crippen molar-refractivity contribution in [2.75, 3.05) is 16.3 Å². The molecule has 2 atom stereocenters. The van der Waals surface area contributed by atoms with E-state index in [0.717, 1.165) is 62.0 Å². The van der Waals surface area contributed by atoms with Crippen molar-refractivity contribution in [1.82, 2.24) is 0 Å². The molecule has 2 amide bonds. The quantitative estimate of drug-likeness (QED) is 0.695. The van der Waals surface area contributed by atoms with E-state index in [-0.39, 0.29) is 24.4 Å². The van der Waals surface area contributed by atoms with Crippen molar-refractivity contribution in [3.05, 3.63) is 59.7 Å². The first-order valence-electron chi connectivity index (χ1n) is 10.6. The molecule has 2 aromatic carbocycles. The molecule has 30 heavy (non-hydrogen) atoms. The zero-order valence-electron chi connectivity index (χ0n) is 17.2. The Morgan fingerprint density at radius 2 is 1.87 bits per heavy atom. The Bertz CT molecular complexity index is 871. The molecule has 2 N–H and O–H groups in total. The van der Waals surface area contributed by atoms with Gasteiger partial charge in [0.25, 0.3) is 0 Å². The van der Waals surface area contributed by atoms with Gasteiger partial charge in [-0.05, 0) is 61.1 Å². The molecular weight excluding hydrogens is 398 g/mol. The second-order valence-electron chi connectivity index (χ2n) is 8.09. The van der Waals surface area contributed by atoms with Crippen LogP contribution in [0.5, 0.6) is 0 Å². The molecule has 0 aromatic heterocycles. The van der Waals surface area contributed by atoms with Crippen LogP contribution in [0.15, 0.2) is 48.5 Å². The number of benzene rings is 2. The average molecular weight is 428 g/mol. The van der Waals surface area contributed by atoms with E-state index in [4.69, 9.17) is 5.73 Å². The SMILES string of the molecule is Cl.NCc1cccc(C2CCCC2N(C=O)c2ccc(N3CCCCC3=O)cc2)c1. The molecule has 0 spiro atoms. The maximum Gasteiger partial charge on any atom is 0.226 e. The molecule has 6 heteroatoms. The Morgan fingerprint density at radius 1 is 1.07 bits per heavy atom. The Hall–Kier alpha value is -2.37. The summed E-state index contributed by atoms with van der Waals surface area (Å²) in [5, 5.41) is 0. The van der Waals surface area contributed by atoms with Crippen molar-refractivity contribution >= 4 is 36.1 Å². The van der Waals surface area contributed by atoms with Crippen molar-refractivity contribution < 1.29 is 9.59 Å². The third-order valence-electron chi connectivity index (χ3n) is 6.35. The molecule has 160 valence electrons. The summed E-state index contributed by atoms with van der Waals surface area (Å²) in [4.78, 5) is 28.0. The number of nitrogens with two attached hydrogens (primary N) is 1. The normalized spacial score (nSPS) is 21.2. The summed E-state index contributed by atoms with van der Waals surface area (Å²) in [6.07, 6.45) is 6.75. The van der Waals surface area contributed by atoms with Crippen LogP contribution in [0.3, 0.4) is 0 Å². The number of halogens is 1. The molecule has 2 aromatic rings. The number of rotatable bonds is 6. The molecule has 2 unspecified atom stereocenters. The van der Waals surface area contributed by atoms with Crippen molar-refractivity contribution in [3.63, 3.8) is 0 Å². The van der Waals surface area contributed by atoms with Gasteiger partial charge >= 0.3 is 0 Å². The van der Waals surface area contributed by atoms with Crippen LogP contribution in [0.2, 0.25) is 0 Å². The Kier molecular flexibility index (Phi) is 7.51. The van der Waals surface area contributed by atoms with Gasteiger partial charge in [0.15, 0.2) is 0 Å². The summed E-state index contributed by atoms with van der Waals surface area (Å²) >= 11 is 0. The van der Waals surface area contributed by atoms with Crippen LogP contribution in [0, 0.1) is 0 Å². The van der Waals surface area contributed by atoms with Crippen LogP contribution in [-0.4, -0.2) is 24.9 Å². The monoisotopic (exact) mass is 427 g/mol. The Labute approximate surface area is 184 Å². The van der Waals surface area contributed by atoms with Crippen molar-refractivity contribution in [2.24, 2.45) is 5.73 Å². The molecule has 1 aliphatic heterocycles. The molecule has 1 saturated heterocycles. The number of nitrogens with zero attached hydrogens (tertiary/aromatic N) is 2. The standard InChI is InChI=1S/C24H29N3O2.ClH/c25-16-18-5-3-6-19(15-18)22-7-4-8-23(22)27(17-28)21-12-10-20(11-13-21)26-14-2-1-9-24(26)29;/h3,5-6,10-13,15,17,22-23H,1-2,4,7-9,14,16,25H2;1H. The van der Waals surface area contributed by atoms with Gasteiger partial charge < -0.3 is 15.5 Å². The summed E-state index contributed by atoms with van der Waals surface area (Å²) in [5.41, 5.74) is 10.0. The lowest BCUT2D eigenvalue weighted by atomic mass is 9.91. The zero-order valence-corrected chi connectivity index (χ0v) is 18.0. The number of hydrogen-bond acceptors (Lipinski definition) is 3. The largest absolute Gasteiger partial charge is 0.326 e. The van der Waals surface area contributed by atoms with Gasteiger partial charge in [-0.3, -0.25) is 9.59 Å². The van der Waals surface area contributed by atoms with E-state index < -0.39 is 0 Å². The van der Waals surface area contributed by atoms with Crippen molar-refractivity contribution in [3.8, 4) is 0 Å². The van der Waals surface area contributed by atoms with E-state index in [1.165, 1.54) is 5.56 Å². The topological polar surface area (TPSA) is 66.6 Å². The smallest absolute Gasteiger partial charge is 0.226 e. The molecule has 1 aliphatic carbocycles. The predicted molar refractivity (Wildman–Crippen MR) is 123 cm³/mol. The summed E-state index contributed by atoms with van der Waals surface area (Å²) in [5.74, 6) is 0.502. The highest BCUT2D eigenvalue weighted by molar-refractivity contribution is 5.94. The molecule has 1 saturated carbocycles. The summed E-state index contributed by atoms with van der Waals surface area (Å²) < 4.78 is 0. The maximum absolute atomic E-state index is 12.2. The van der Waals surface area contributed by atoms with E-state index in [9.17, 15) is 9.59 Å². The fourth-order valence-corrected chi connectivity index (χ4v) is 4.83. The van der Waals surface area contributed by atoms with Crippen LogP contribution in [0.4, 0.5) is 11.4 Å². The predicted octanol–water partition coefficient (Wildman–Crippen LogP) is 4.38. The molecule has 2 fully saturated rings. The number of amides is 2. The molecule has 0 radical (unpaired) electrons. The highest BCUT2D eigenvalue weighted by Crippen LogP contribution is 2.39. The average Bonchev–Trinajstić information content (AvgIpc) is 3.25.